The molecule has 0 bridgehead atoms. The van der Waals surface area contributed by atoms with Gasteiger partial charge in [0.25, 0.3) is 0 Å². The molecule has 1 saturated heterocycles. The monoisotopic (exact) mass is 484 g/mol. The number of nitrogen functional groups attached to an aromatic ring is 1. The summed E-state index contributed by atoms with van der Waals surface area (Å²) < 4.78 is 15.9. The predicted octanol–water partition coefficient (Wildman–Crippen LogP) is 2.98. The van der Waals surface area contributed by atoms with Crippen LogP contribution in [0.15, 0.2) is 18.2 Å². The van der Waals surface area contributed by atoms with Gasteiger partial charge in [0.2, 0.25) is 5.95 Å². The highest BCUT2D eigenvalue weighted by Crippen LogP contribution is 2.34. The van der Waals surface area contributed by atoms with Gasteiger partial charge >= 0.3 is 0 Å². The second-order valence-electron chi connectivity index (χ2n) is 7.45. The van der Waals surface area contributed by atoms with E-state index in [1.165, 1.54) is 0 Å². The number of rotatable bonds is 12. The third-order valence-corrected chi connectivity index (χ3v) is 6.02. The van der Waals surface area contributed by atoms with Gasteiger partial charge in [0.05, 0.1) is 43.1 Å². The lowest BCUT2D eigenvalue weighted by Gasteiger charge is -2.32. The summed E-state index contributed by atoms with van der Waals surface area (Å²) in [4.78, 5) is 6.76. The molecule has 1 aliphatic heterocycles. The van der Waals surface area contributed by atoms with E-state index in [1.807, 2.05) is 0 Å². The highest BCUT2D eigenvalue weighted by atomic mass is 35.5. The molecule has 0 radical (unpaired) electrons. The second kappa shape index (κ2) is 13.1. The molecule has 0 atom stereocenters. The molecule has 1 aromatic heterocycles. The molecule has 0 spiro atoms. The lowest BCUT2D eigenvalue weighted by molar-refractivity contribution is 0.0182. The molecule has 3 rings (SSSR count). The zero-order valence-electron chi connectivity index (χ0n) is 18.2. The Morgan fingerprint density at radius 1 is 1.06 bits per heavy atom. The van der Waals surface area contributed by atoms with Crippen molar-refractivity contribution in [1.29, 1.82) is 0 Å². The highest BCUT2D eigenvalue weighted by Gasteiger charge is 2.20. The maximum Gasteiger partial charge on any atom is 0.244 e. The smallest absolute Gasteiger partial charge is 0.244 e. The van der Waals surface area contributed by atoms with Gasteiger partial charge in [-0.2, -0.15) is 4.98 Å². The summed E-state index contributed by atoms with van der Waals surface area (Å²) in [6, 6.07) is 5.55. The van der Waals surface area contributed by atoms with E-state index < -0.39 is 0 Å². The molecule has 1 aliphatic rings. The SMILES string of the molecule is COCCOCCOCCN1CCC(Nc2nnc(-c3cccc(Cl)c3Cl)c(N)n2)CC1. The van der Waals surface area contributed by atoms with Gasteiger partial charge in [-0.1, -0.05) is 35.3 Å². The van der Waals surface area contributed by atoms with Crippen LogP contribution in [0.4, 0.5) is 11.8 Å². The Hall–Kier alpha value is -1.75. The Balaban J connectivity index is 1.39. The van der Waals surface area contributed by atoms with Crippen LogP contribution < -0.4 is 11.1 Å². The number of nitrogens with zero attached hydrogens (tertiary/aromatic N) is 4. The van der Waals surface area contributed by atoms with E-state index >= 15 is 0 Å². The van der Waals surface area contributed by atoms with Gasteiger partial charge in [-0.05, 0) is 18.9 Å². The highest BCUT2D eigenvalue weighted by molar-refractivity contribution is 6.43. The molecule has 9 nitrogen and oxygen atoms in total. The van der Waals surface area contributed by atoms with Crippen molar-refractivity contribution in [2.45, 2.75) is 18.9 Å². The lowest BCUT2D eigenvalue weighted by Crippen LogP contribution is -2.41. The van der Waals surface area contributed by atoms with Crippen molar-refractivity contribution < 1.29 is 14.2 Å². The number of hydrogen-bond acceptors (Lipinski definition) is 9. The van der Waals surface area contributed by atoms with Gasteiger partial charge in [-0.25, -0.2) is 0 Å². The molecule has 1 aromatic carbocycles. The molecule has 176 valence electrons. The topological polar surface area (TPSA) is 108 Å². The molecule has 0 unspecified atom stereocenters. The van der Waals surface area contributed by atoms with Crippen LogP contribution in [0.5, 0.6) is 0 Å². The van der Waals surface area contributed by atoms with Crippen molar-refractivity contribution in [2.75, 3.05) is 70.8 Å². The van der Waals surface area contributed by atoms with Gasteiger partial charge in [0.1, 0.15) is 5.69 Å². The number of benzene rings is 1. The van der Waals surface area contributed by atoms with E-state index in [4.69, 9.17) is 43.1 Å². The Morgan fingerprint density at radius 3 is 2.50 bits per heavy atom. The van der Waals surface area contributed by atoms with Crippen molar-refractivity contribution in [1.82, 2.24) is 20.1 Å². The minimum atomic E-state index is 0.257. The van der Waals surface area contributed by atoms with E-state index in [0.717, 1.165) is 32.5 Å². The first-order valence-corrected chi connectivity index (χ1v) is 11.4. The van der Waals surface area contributed by atoms with E-state index in [1.54, 1.807) is 25.3 Å². The van der Waals surface area contributed by atoms with Crippen LogP contribution in [0.2, 0.25) is 10.0 Å². The van der Waals surface area contributed by atoms with Gasteiger partial charge in [-0.3, -0.25) is 0 Å². The van der Waals surface area contributed by atoms with Crippen molar-refractivity contribution in [3.8, 4) is 11.3 Å². The fraction of sp³-hybridized carbons (Fsp3) is 0.571. The maximum absolute atomic E-state index is 6.27. The molecule has 1 fully saturated rings. The van der Waals surface area contributed by atoms with Crippen molar-refractivity contribution >= 4 is 35.0 Å². The average Bonchev–Trinajstić information content (AvgIpc) is 2.79. The number of aromatic nitrogens is 3. The van der Waals surface area contributed by atoms with E-state index in [9.17, 15) is 0 Å². The summed E-state index contributed by atoms with van der Waals surface area (Å²) in [7, 11) is 1.66. The third kappa shape index (κ3) is 7.40. The van der Waals surface area contributed by atoms with Crippen molar-refractivity contribution in [2.24, 2.45) is 0 Å². The number of methoxy groups -OCH3 is 1. The summed E-state index contributed by atoms with van der Waals surface area (Å²) in [5, 5.41) is 12.6. The first-order valence-electron chi connectivity index (χ1n) is 10.7. The fourth-order valence-electron chi connectivity index (χ4n) is 3.42. The molecule has 0 saturated carbocycles. The van der Waals surface area contributed by atoms with Crippen LogP contribution in [0, 0.1) is 0 Å². The van der Waals surface area contributed by atoms with Gasteiger partial charge in [0.15, 0.2) is 5.82 Å². The zero-order valence-corrected chi connectivity index (χ0v) is 19.7. The van der Waals surface area contributed by atoms with Gasteiger partial charge < -0.3 is 30.2 Å². The largest absolute Gasteiger partial charge is 0.382 e. The first kappa shape index (κ1) is 24.9. The Bertz CT molecular complexity index is 852. The number of hydrogen-bond donors (Lipinski definition) is 2. The number of likely N-dealkylation sites (tertiary alicyclic amines) is 1. The van der Waals surface area contributed by atoms with Crippen molar-refractivity contribution in [3.63, 3.8) is 0 Å². The number of nitrogens with two attached hydrogens (primary N) is 1. The molecule has 32 heavy (non-hydrogen) atoms. The van der Waals surface area contributed by atoms with Crippen LogP contribution in [0.3, 0.4) is 0 Å². The number of piperidine rings is 1. The van der Waals surface area contributed by atoms with Crippen LogP contribution >= 0.6 is 23.2 Å². The minimum absolute atomic E-state index is 0.257. The molecule has 0 amide bonds. The first-order chi connectivity index (χ1) is 15.6. The van der Waals surface area contributed by atoms with E-state index in [2.05, 4.69) is 25.4 Å². The number of anilines is 2. The molecule has 2 aromatic rings. The predicted molar refractivity (Wildman–Crippen MR) is 126 cm³/mol. The van der Waals surface area contributed by atoms with Crippen LogP contribution in [-0.2, 0) is 14.2 Å². The molecule has 0 aliphatic carbocycles. The molecular weight excluding hydrogens is 455 g/mol. The summed E-state index contributed by atoms with van der Waals surface area (Å²) >= 11 is 12.3. The standard InChI is InChI=1S/C21H30Cl2N6O3/c1-30-11-12-32-14-13-31-10-9-29-7-5-15(6-8-29)25-21-26-20(24)19(27-28-21)16-3-2-4-17(22)18(16)23/h2-4,15H,5-14H2,1H3,(H3,24,25,26,28). The van der Waals surface area contributed by atoms with Crippen LogP contribution in [0.25, 0.3) is 11.3 Å². The Labute approximate surface area is 198 Å². The minimum Gasteiger partial charge on any atom is -0.382 e. The Morgan fingerprint density at radius 2 is 1.78 bits per heavy atom. The van der Waals surface area contributed by atoms with Gasteiger partial charge in [-0.15, -0.1) is 10.2 Å². The molecular formula is C21H30Cl2N6O3. The third-order valence-electron chi connectivity index (χ3n) is 5.20. The summed E-state index contributed by atoms with van der Waals surface area (Å²) in [5.41, 5.74) is 7.15. The second-order valence-corrected chi connectivity index (χ2v) is 8.23. The quantitative estimate of drug-likeness (QED) is 0.439. The molecule has 2 heterocycles. The normalized spacial score (nSPS) is 15.2. The zero-order chi connectivity index (χ0) is 22.8. The fourth-order valence-corrected chi connectivity index (χ4v) is 3.81. The summed E-state index contributed by atoms with van der Waals surface area (Å²) in [5.74, 6) is 0.673. The van der Waals surface area contributed by atoms with E-state index in [-0.39, 0.29) is 11.9 Å². The molecule has 3 N–H and O–H groups in total. The average molecular weight is 485 g/mol. The van der Waals surface area contributed by atoms with E-state index in [0.29, 0.717) is 60.3 Å². The van der Waals surface area contributed by atoms with Crippen molar-refractivity contribution in [3.05, 3.63) is 28.2 Å². The van der Waals surface area contributed by atoms with Crippen LogP contribution in [0.1, 0.15) is 12.8 Å². The molecule has 11 heteroatoms. The summed E-state index contributed by atoms with van der Waals surface area (Å²) in [6.45, 7) is 5.96. The van der Waals surface area contributed by atoms with Gasteiger partial charge in [0, 0.05) is 38.3 Å². The lowest BCUT2D eigenvalue weighted by atomic mass is 10.1. The van der Waals surface area contributed by atoms with Crippen LogP contribution in [-0.4, -0.2) is 85.9 Å². The maximum atomic E-state index is 6.27. The number of ether oxygens (including phenoxy) is 3. The number of halogens is 2. The Kier molecular flexibility index (Phi) is 10.2. The number of nitrogens with one attached hydrogen (secondary N) is 1. The summed E-state index contributed by atoms with van der Waals surface area (Å²) in [6.07, 6.45) is 1.95.